The van der Waals surface area contributed by atoms with Gasteiger partial charge >= 0.3 is 0 Å². The highest BCUT2D eigenvalue weighted by atomic mass is 19.2. The number of carbonyl (C=O) groups excluding carboxylic acids is 2. The Balaban J connectivity index is 3.02. The van der Waals surface area contributed by atoms with Crippen molar-refractivity contribution in [1.82, 2.24) is 10.9 Å². The fourth-order valence-electron chi connectivity index (χ4n) is 1.17. The largest absolute Gasteiger partial charge is 0.274 e. The molecule has 9 heteroatoms. The van der Waals surface area contributed by atoms with E-state index in [2.05, 4.69) is 0 Å². The maximum Gasteiger partial charge on any atom is 0.243 e. The van der Waals surface area contributed by atoms with Gasteiger partial charge in [-0.3, -0.25) is 20.4 Å². The van der Waals surface area contributed by atoms with Crippen molar-refractivity contribution in [3.8, 4) is 0 Å². The van der Waals surface area contributed by atoms with Crippen LogP contribution in [0, 0.1) is 29.1 Å². The Morgan fingerprint density at radius 1 is 0.842 bits per heavy atom. The fraction of sp³-hybridized carbons (Fsp3) is 0.200. The predicted octanol–water partition coefficient (Wildman–Crippen LogP) is 1.09. The topological polar surface area (TPSA) is 58.2 Å². The number of hydrazine groups is 1. The van der Waals surface area contributed by atoms with Gasteiger partial charge in [0.25, 0.3) is 0 Å². The Morgan fingerprint density at radius 2 is 1.26 bits per heavy atom. The van der Waals surface area contributed by atoms with Crippen LogP contribution in [-0.2, 0) is 16.0 Å². The van der Waals surface area contributed by atoms with Gasteiger partial charge in [-0.1, -0.05) is 0 Å². The monoisotopic (exact) mass is 282 g/mol. The van der Waals surface area contributed by atoms with E-state index in [0.717, 1.165) is 6.92 Å². The summed E-state index contributed by atoms with van der Waals surface area (Å²) in [6, 6.07) is 0. The molecule has 0 heterocycles. The van der Waals surface area contributed by atoms with E-state index in [1.54, 1.807) is 10.9 Å². The van der Waals surface area contributed by atoms with Crippen molar-refractivity contribution in [2.24, 2.45) is 0 Å². The molecule has 0 bridgehead atoms. The molecule has 0 radical (unpaired) electrons. The molecule has 0 saturated carbocycles. The van der Waals surface area contributed by atoms with E-state index in [1.165, 1.54) is 0 Å². The molecule has 1 rings (SSSR count). The van der Waals surface area contributed by atoms with Gasteiger partial charge in [-0.25, -0.2) is 22.0 Å². The molecule has 0 aliphatic carbocycles. The van der Waals surface area contributed by atoms with Crippen LogP contribution in [0.1, 0.15) is 12.5 Å². The van der Waals surface area contributed by atoms with Gasteiger partial charge in [-0.05, 0) is 0 Å². The minimum atomic E-state index is -2.30. The smallest absolute Gasteiger partial charge is 0.243 e. The zero-order valence-corrected chi connectivity index (χ0v) is 9.41. The number of rotatable bonds is 2. The summed E-state index contributed by atoms with van der Waals surface area (Å²) in [6.07, 6.45) is -1.12. The molecular formula is C10H7F5N2O2. The Hall–Kier alpha value is -2.19. The summed E-state index contributed by atoms with van der Waals surface area (Å²) in [5.41, 5.74) is 2.25. The number of carbonyl (C=O) groups is 2. The maximum atomic E-state index is 13.2. The minimum absolute atomic E-state index is 0.675. The van der Waals surface area contributed by atoms with Gasteiger partial charge in [0.1, 0.15) is 0 Å². The van der Waals surface area contributed by atoms with Crippen LogP contribution in [-0.4, -0.2) is 11.8 Å². The number of halogens is 5. The highest BCUT2D eigenvalue weighted by molar-refractivity contribution is 5.82. The third-order valence-corrected chi connectivity index (χ3v) is 2.02. The first-order valence-electron chi connectivity index (χ1n) is 4.81. The second-order valence-corrected chi connectivity index (χ2v) is 3.45. The molecule has 0 aliphatic rings. The van der Waals surface area contributed by atoms with Crippen LogP contribution in [0.4, 0.5) is 22.0 Å². The Kier molecular flexibility index (Phi) is 4.41. The van der Waals surface area contributed by atoms with Crippen LogP contribution in [0.15, 0.2) is 0 Å². The Morgan fingerprint density at radius 3 is 1.68 bits per heavy atom. The quantitative estimate of drug-likeness (QED) is 0.369. The first kappa shape index (κ1) is 14.9. The lowest BCUT2D eigenvalue weighted by Gasteiger charge is -2.08. The van der Waals surface area contributed by atoms with E-state index in [4.69, 9.17) is 0 Å². The Labute approximate surface area is 103 Å². The van der Waals surface area contributed by atoms with Gasteiger partial charge in [0.15, 0.2) is 23.3 Å². The second kappa shape index (κ2) is 5.63. The van der Waals surface area contributed by atoms with Crippen molar-refractivity contribution in [2.75, 3.05) is 0 Å². The molecule has 19 heavy (non-hydrogen) atoms. The van der Waals surface area contributed by atoms with E-state index in [1.807, 2.05) is 0 Å². The van der Waals surface area contributed by atoms with Crippen LogP contribution < -0.4 is 10.9 Å². The van der Waals surface area contributed by atoms with Crippen LogP contribution in [0.3, 0.4) is 0 Å². The van der Waals surface area contributed by atoms with Crippen LogP contribution in [0.2, 0.25) is 0 Å². The van der Waals surface area contributed by atoms with Gasteiger partial charge in [-0.15, -0.1) is 0 Å². The van der Waals surface area contributed by atoms with Crippen LogP contribution >= 0.6 is 0 Å². The third-order valence-electron chi connectivity index (χ3n) is 2.02. The normalized spacial score (nSPS) is 10.2. The molecule has 0 saturated heterocycles. The van der Waals surface area contributed by atoms with Crippen molar-refractivity contribution in [3.63, 3.8) is 0 Å². The van der Waals surface area contributed by atoms with Gasteiger partial charge in [0.05, 0.1) is 6.42 Å². The van der Waals surface area contributed by atoms with E-state index >= 15 is 0 Å². The molecule has 0 fully saturated rings. The summed E-state index contributed by atoms with van der Waals surface area (Å²) in [6.45, 7) is 1.04. The Bertz CT molecular complexity index is 518. The molecule has 0 aliphatic heterocycles. The van der Waals surface area contributed by atoms with Gasteiger partial charge < -0.3 is 0 Å². The molecule has 2 amide bonds. The molecule has 2 N–H and O–H groups in total. The van der Waals surface area contributed by atoms with Gasteiger partial charge in [0, 0.05) is 12.5 Å². The summed E-state index contributed by atoms with van der Waals surface area (Å²) in [5, 5.41) is 0. The molecule has 0 aromatic heterocycles. The molecule has 1 aromatic carbocycles. The number of hydrogen-bond acceptors (Lipinski definition) is 2. The third kappa shape index (κ3) is 3.18. The molecule has 1 aromatic rings. The average Bonchev–Trinajstić information content (AvgIpc) is 2.36. The summed E-state index contributed by atoms with van der Waals surface area (Å²) < 4.78 is 64.7. The summed E-state index contributed by atoms with van der Waals surface area (Å²) in [5.74, 6) is -12.6. The van der Waals surface area contributed by atoms with Gasteiger partial charge in [-0.2, -0.15) is 0 Å². The molecule has 0 spiro atoms. The van der Waals surface area contributed by atoms with Crippen LogP contribution in [0.25, 0.3) is 0 Å². The SMILES string of the molecule is CC(=O)NNC(=O)Cc1c(F)c(F)c(F)c(F)c1F. The lowest BCUT2D eigenvalue weighted by Crippen LogP contribution is -2.41. The zero-order chi connectivity index (χ0) is 14.7. The second-order valence-electron chi connectivity index (χ2n) is 3.45. The molecule has 0 unspecified atom stereocenters. The maximum absolute atomic E-state index is 13.2. The van der Waals surface area contributed by atoms with Crippen LogP contribution in [0.5, 0.6) is 0 Å². The van der Waals surface area contributed by atoms with Crippen molar-refractivity contribution in [2.45, 2.75) is 13.3 Å². The van der Waals surface area contributed by atoms with Crippen molar-refractivity contribution in [1.29, 1.82) is 0 Å². The standard InChI is InChI=1S/C10H7F5N2O2/c1-3(18)16-17-5(19)2-4-6(11)8(13)10(15)9(14)7(4)12/h2H2,1H3,(H,16,18)(H,17,19). The molecule has 4 nitrogen and oxygen atoms in total. The highest BCUT2D eigenvalue weighted by Gasteiger charge is 2.26. The summed E-state index contributed by atoms with van der Waals surface area (Å²) in [7, 11) is 0. The number of amides is 2. The van der Waals surface area contributed by atoms with E-state index < -0.39 is 52.9 Å². The number of benzene rings is 1. The number of nitrogens with one attached hydrogen (secondary N) is 2. The zero-order valence-electron chi connectivity index (χ0n) is 9.41. The lowest BCUT2D eigenvalue weighted by molar-refractivity contribution is -0.127. The van der Waals surface area contributed by atoms with E-state index in [-0.39, 0.29) is 0 Å². The molecular weight excluding hydrogens is 275 g/mol. The van der Waals surface area contributed by atoms with Gasteiger partial charge in [0.2, 0.25) is 17.6 Å². The summed E-state index contributed by atoms with van der Waals surface area (Å²) in [4.78, 5) is 21.6. The van der Waals surface area contributed by atoms with Crippen molar-refractivity contribution >= 4 is 11.8 Å². The molecule has 104 valence electrons. The fourth-order valence-corrected chi connectivity index (χ4v) is 1.17. The minimum Gasteiger partial charge on any atom is -0.274 e. The first-order valence-corrected chi connectivity index (χ1v) is 4.81. The highest BCUT2D eigenvalue weighted by Crippen LogP contribution is 2.23. The van der Waals surface area contributed by atoms with E-state index in [0.29, 0.717) is 0 Å². The average molecular weight is 282 g/mol. The van der Waals surface area contributed by atoms with Crippen molar-refractivity contribution < 1.29 is 31.5 Å². The molecule has 0 atom stereocenters. The van der Waals surface area contributed by atoms with Crippen molar-refractivity contribution in [3.05, 3.63) is 34.6 Å². The summed E-state index contributed by atoms with van der Waals surface area (Å²) >= 11 is 0. The predicted molar refractivity (Wildman–Crippen MR) is 51.9 cm³/mol. The lowest BCUT2D eigenvalue weighted by atomic mass is 10.1. The number of hydrogen-bond donors (Lipinski definition) is 2. The first-order chi connectivity index (χ1) is 8.75. The van der Waals surface area contributed by atoms with E-state index in [9.17, 15) is 31.5 Å².